The molecule has 0 fully saturated rings. The Morgan fingerprint density at radius 2 is 1.79 bits per heavy atom. The lowest BCUT2D eigenvalue weighted by Gasteiger charge is -2.55. The summed E-state index contributed by atoms with van der Waals surface area (Å²) in [4.78, 5) is 31.4. The summed E-state index contributed by atoms with van der Waals surface area (Å²) in [6.07, 6.45) is 0.180. The number of ketones is 2. The zero-order chi connectivity index (χ0) is 35.1. The normalized spacial score (nSPS) is 23.9. The molecule has 3 aliphatic rings. The van der Waals surface area contributed by atoms with E-state index < -0.39 is 65.9 Å². The van der Waals surface area contributed by atoms with E-state index in [4.69, 9.17) is 18.4 Å². The number of halogens is 2. The Morgan fingerprint density at radius 3 is 2.40 bits per heavy atom. The molecule has 1 aromatic heterocycles. The third-order valence-corrected chi connectivity index (χ3v) is 15.7. The number of aliphatic hydroxyl groups is 1. The van der Waals surface area contributed by atoms with Gasteiger partial charge in [-0.2, -0.15) is 0 Å². The molecule has 0 bridgehead atoms. The number of benzene rings is 2. The number of ether oxygens (including phenoxy) is 2. The molecule has 10 nitrogen and oxygen atoms in total. The zero-order valence-corrected chi connectivity index (χ0v) is 30.8. The predicted molar refractivity (Wildman–Crippen MR) is 181 cm³/mol. The molecule has 0 amide bonds. The second-order valence-electron chi connectivity index (χ2n) is 14.5. The molecule has 0 saturated heterocycles. The number of methoxy groups -OCH3 is 1. The van der Waals surface area contributed by atoms with Crippen LogP contribution in [0.3, 0.4) is 0 Å². The number of Topliss-reactive ketones (excluding diaryl/α,β-unsaturated/α-hetero) is 2. The maximum Gasteiger partial charge on any atom is 0.263 e. The molecule has 0 unspecified atom stereocenters. The fourth-order valence-corrected chi connectivity index (χ4v) is 9.31. The van der Waals surface area contributed by atoms with Crippen LogP contribution in [-0.2, 0) is 17.5 Å². The summed E-state index contributed by atoms with van der Waals surface area (Å²) in [5.41, 5.74) is -1.43. The molecule has 256 valence electrons. The molecule has 3 aliphatic carbocycles. The lowest BCUT2D eigenvalue weighted by Crippen LogP contribution is -2.65. The van der Waals surface area contributed by atoms with Crippen LogP contribution in [0.15, 0.2) is 50.7 Å². The van der Waals surface area contributed by atoms with Crippen LogP contribution in [0.25, 0.3) is 0 Å². The van der Waals surface area contributed by atoms with Crippen molar-refractivity contribution in [2.75, 3.05) is 21.2 Å². The van der Waals surface area contributed by atoms with Gasteiger partial charge in [0.1, 0.15) is 28.2 Å². The summed E-state index contributed by atoms with van der Waals surface area (Å²) < 4.78 is 40.6. The fraction of sp³-hybridized carbons (Fsp3) is 0.457. The van der Waals surface area contributed by atoms with E-state index in [1.165, 1.54) is 7.11 Å². The molecule has 13 heteroatoms. The van der Waals surface area contributed by atoms with Crippen LogP contribution in [-0.4, -0.2) is 67.0 Å². The van der Waals surface area contributed by atoms with Gasteiger partial charge in [-0.3, -0.25) is 14.5 Å². The van der Waals surface area contributed by atoms with Gasteiger partial charge in [-0.15, -0.1) is 0 Å². The molecule has 3 aromatic rings. The minimum atomic E-state index is -2.90. The van der Waals surface area contributed by atoms with Gasteiger partial charge in [0.25, 0.3) is 5.88 Å². The van der Waals surface area contributed by atoms with Crippen molar-refractivity contribution < 1.29 is 42.6 Å². The number of hydrogen-bond donors (Lipinski definition) is 2. The van der Waals surface area contributed by atoms with Crippen molar-refractivity contribution in [2.45, 2.75) is 70.0 Å². The standard InChI is InChI=1S/C35H40BrFN2O8Si/c1-34(2,3)48(7,8)47-35-20(26(39(4)5)29-23(32(35)42)33(43)38-46-29)15-18-14-19-22(27(40)21(18)31(35)41)28(24(36)30(44-6)25(19)37)45-16-17-12-10-9-11-13-17/h9-13,18,20,26,41H,14-16H2,1-8H3,(H,38,43)/t18-,20-,26-,35-/m0/s1. The van der Waals surface area contributed by atoms with Gasteiger partial charge < -0.3 is 28.6 Å². The molecule has 0 spiro atoms. The van der Waals surface area contributed by atoms with Crippen LogP contribution in [0.1, 0.15) is 70.8 Å². The lowest BCUT2D eigenvalue weighted by atomic mass is 9.58. The van der Waals surface area contributed by atoms with Gasteiger partial charge in [-0.05, 0) is 77.6 Å². The number of aromatic hydroxyl groups is 1. The predicted octanol–water partition coefficient (Wildman–Crippen LogP) is 7.32. The summed E-state index contributed by atoms with van der Waals surface area (Å²) in [6, 6.07) is 8.61. The molecule has 2 N–H and O–H groups in total. The highest BCUT2D eigenvalue weighted by Gasteiger charge is 2.67. The molecule has 0 radical (unpaired) electrons. The van der Waals surface area contributed by atoms with Gasteiger partial charge in [0.15, 0.2) is 37.0 Å². The van der Waals surface area contributed by atoms with E-state index in [1.54, 1.807) is 14.1 Å². The molecule has 6 rings (SSSR count). The minimum absolute atomic E-state index is 0.0210. The first-order chi connectivity index (χ1) is 22.5. The van der Waals surface area contributed by atoms with Crippen molar-refractivity contribution in [3.8, 4) is 17.4 Å². The Hall–Kier alpha value is -3.52. The third kappa shape index (κ3) is 4.95. The van der Waals surface area contributed by atoms with Gasteiger partial charge >= 0.3 is 0 Å². The van der Waals surface area contributed by atoms with Crippen molar-refractivity contribution >= 4 is 35.8 Å². The van der Waals surface area contributed by atoms with Gasteiger partial charge in [-0.25, -0.2) is 4.39 Å². The Kier molecular flexibility index (Phi) is 8.45. The monoisotopic (exact) mass is 742 g/mol. The van der Waals surface area contributed by atoms with Crippen molar-refractivity contribution in [3.63, 3.8) is 0 Å². The van der Waals surface area contributed by atoms with E-state index in [0.717, 1.165) is 5.56 Å². The molecule has 0 aliphatic heterocycles. The maximum absolute atomic E-state index is 16.2. The Labute approximate surface area is 288 Å². The summed E-state index contributed by atoms with van der Waals surface area (Å²) in [6.45, 7) is 10.00. The Morgan fingerprint density at radius 1 is 1.12 bits per heavy atom. The average molecular weight is 744 g/mol. The molecule has 0 saturated carbocycles. The smallest absolute Gasteiger partial charge is 0.263 e. The molecular formula is C35H40BrFN2O8Si. The van der Waals surface area contributed by atoms with E-state index in [9.17, 15) is 19.8 Å². The Balaban J connectivity index is 1.61. The Bertz CT molecular complexity index is 1850. The van der Waals surface area contributed by atoms with Gasteiger partial charge in [0.2, 0.25) is 5.78 Å². The first kappa shape index (κ1) is 34.3. The van der Waals surface area contributed by atoms with Crippen LogP contribution >= 0.6 is 15.9 Å². The van der Waals surface area contributed by atoms with Crippen LogP contribution in [0.5, 0.6) is 17.4 Å². The van der Waals surface area contributed by atoms with Crippen LogP contribution in [0.2, 0.25) is 18.1 Å². The van der Waals surface area contributed by atoms with E-state index in [1.807, 2.05) is 69.1 Å². The number of fused-ring (bicyclic) bond motifs is 4. The van der Waals surface area contributed by atoms with Crippen molar-refractivity contribution in [3.05, 3.63) is 80.0 Å². The van der Waals surface area contributed by atoms with E-state index in [-0.39, 0.29) is 63.4 Å². The highest BCUT2D eigenvalue weighted by Crippen LogP contribution is 2.60. The SMILES string of the molecule is COc1c(F)c2c(c(OCc3ccccc3)c1Br)C(=O)C1=C(O)[C@]3(O[Si](C)(C)C(C)(C)C)C(=O)c4c(O)noc4[C@@H](N(C)C)[C@@H]3C[C@@H]1C2. The zero-order valence-electron chi connectivity index (χ0n) is 28.2. The number of aromatic nitrogens is 1. The average Bonchev–Trinajstić information content (AvgIpc) is 3.39. The highest BCUT2D eigenvalue weighted by atomic mass is 79.9. The summed E-state index contributed by atoms with van der Waals surface area (Å²) in [7, 11) is 2.01. The number of nitrogens with zero attached hydrogens (tertiary/aromatic N) is 2. The molecule has 4 atom stereocenters. The van der Waals surface area contributed by atoms with Crippen molar-refractivity contribution in [1.29, 1.82) is 0 Å². The summed E-state index contributed by atoms with van der Waals surface area (Å²) in [5.74, 6) is -4.63. The number of carbonyl (C=O) groups excluding carboxylic acids is 2. The second-order valence-corrected chi connectivity index (χ2v) is 20.1. The van der Waals surface area contributed by atoms with Crippen LogP contribution in [0.4, 0.5) is 4.39 Å². The number of rotatable bonds is 7. The summed E-state index contributed by atoms with van der Waals surface area (Å²) in [5, 5.41) is 26.7. The largest absolute Gasteiger partial charge is 0.508 e. The van der Waals surface area contributed by atoms with Gasteiger partial charge in [0, 0.05) is 17.1 Å². The summed E-state index contributed by atoms with van der Waals surface area (Å²) >= 11 is 3.41. The number of carbonyl (C=O) groups is 2. The molecular weight excluding hydrogens is 703 g/mol. The number of hydrogen-bond acceptors (Lipinski definition) is 10. The topological polar surface area (TPSA) is 132 Å². The van der Waals surface area contributed by atoms with Crippen molar-refractivity contribution in [2.24, 2.45) is 11.8 Å². The molecule has 2 aromatic carbocycles. The van der Waals surface area contributed by atoms with E-state index >= 15 is 4.39 Å². The number of aliphatic hydroxyl groups excluding tert-OH is 1. The second kappa shape index (κ2) is 11.8. The van der Waals surface area contributed by atoms with Crippen molar-refractivity contribution in [1.82, 2.24) is 10.1 Å². The van der Waals surface area contributed by atoms with Gasteiger partial charge in [0.05, 0.1) is 18.7 Å². The first-order valence-corrected chi connectivity index (χ1v) is 19.5. The van der Waals surface area contributed by atoms with E-state index in [0.29, 0.717) is 0 Å². The maximum atomic E-state index is 16.2. The third-order valence-electron chi connectivity index (χ3n) is 10.5. The molecule has 1 heterocycles. The number of allylic oxidation sites excluding steroid dienone is 1. The van der Waals surface area contributed by atoms with Crippen LogP contribution in [0, 0.1) is 17.7 Å². The van der Waals surface area contributed by atoms with Crippen LogP contribution < -0.4 is 9.47 Å². The quantitative estimate of drug-likeness (QED) is 0.238. The highest BCUT2D eigenvalue weighted by molar-refractivity contribution is 9.10. The van der Waals surface area contributed by atoms with Gasteiger partial charge in [-0.1, -0.05) is 51.1 Å². The lowest BCUT2D eigenvalue weighted by molar-refractivity contribution is -0.0481. The first-order valence-electron chi connectivity index (χ1n) is 15.8. The van der Waals surface area contributed by atoms with E-state index in [2.05, 4.69) is 21.1 Å². The fourth-order valence-electron chi connectivity index (χ4n) is 7.21. The minimum Gasteiger partial charge on any atom is -0.508 e. The molecule has 48 heavy (non-hydrogen) atoms.